The Bertz CT molecular complexity index is 874. The molecule has 0 saturated carbocycles. The van der Waals surface area contributed by atoms with Crippen molar-refractivity contribution in [1.82, 2.24) is 0 Å². The first-order valence-electron chi connectivity index (χ1n) is 23.6. The third-order valence-corrected chi connectivity index (χ3v) is 11.0. The van der Waals surface area contributed by atoms with Crippen LogP contribution in [0.25, 0.3) is 0 Å². The lowest BCUT2D eigenvalue weighted by Gasteiger charge is -2.34. The lowest BCUT2D eigenvalue weighted by Crippen LogP contribution is -2.55. The van der Waals surface area contributed by atoms with Crippen LogP contribution in [0.3, 0.4) is 0 Å². The number of nitrogens with zero attached hydrogens (tertiary/aromatic N) is 1. The molecule has 8 nitrogen and oxygen atoms in total. The SMILES string of the molecule is CCCCCCCCCCCCCCCCCCC(=O)OCC(COCCC(C(=O)[O-])[N+](C)(C)C)OC(=O)CCCCCCCCCCCCCCCCC. The maximum Gasteiger partial charge on any atom is 0.306 e. The van der Waals surface area contributed by atoms with E-state index >= 15 is 0 Å². The van der Waals surface area contributed by atoms with Crippen molar-refractivity contribution in [3.8, 4) is 0 Å². The molecule has 0 aliphatic rings. The second-order valence-corrected chi connectivity index (χ2v) is 17.4. The molecule has 0 rings (SSSR count). The Morgan fingerprint density at radius 1 is 0.473 bits per heavy atom. The van der Waals surface area contributed by atoms with Gasteiger partial charge >= 0.3 is 11.9 Å². The molecular weight excluding hydrogens is 691 g/mol. The first-order valence-corrected chi connectivity index (χ1v) is 23.6. The molecule has 0 N–H and O–H groups in total. The number of carbonyl (C=O) groups is 3. The topological polar surface area (TPSA) is 102 Å². The molecule has 0 aliphatic heterocycles. The predicted molar refractivity (Wildman–Crippen MR) is 227 cm³/mol. The number of hydrogen-bond acceptors (Lipinski definition) is 7. The van der Waals surface area contributed by atoms with Gasteiger partial charge < -0.3 is 28.6 Å². The van der Waals surface area contributed by atoms with Crippen LogP contribution in [0.2, 0.25) is 0 Å². The molecule has 0 aliphatic carbocycles. The first-order chi connectivity index (χ1) is 26.6. The molecule has 0 saturated heterocycles. The van der Waals surface area contributed by atoms with Gasteiger partial charge in [0.2, 0.25) is 0 Å². The number of rotatable bonds is 43. The van der Waals surface area contributed by atoms with Crippen LogP contribution in [-0.2, 0) is 28.6 Å². The molecular formula is C47H91NO7. The molecule has 0 spiro atoms. The number of unbranched alkanes of at least 4 members (excludes halogenated alkanes) is 29. The molecule has 0 fully saturated rings. The molecule has 8 heteroatoms. The summed E-state index contributed by atoms with van der Waals surface area (Å²) in [5.41, 5.74) is 0. The lowest BCUT2D eigenvalue weighted by molar-refractivity contribution is -0.889. The summed E-state index contributed by atoms with van der Waals surface area (Å²) >= 11 is 0. The van der Waals surface area contributed by atoms with Gasteiger partial charge in [0.1, 0.15) is 12.6 Å². The second-order valence-electron chi connectivity index (χ2n) is 17.4. The molecule has 0 amide bonds. The molecule has 0 aromatic carbocycles. The van der Waals surface area contributed by atoms with Gasteiger partial charge in [-0.25, -0.2) is 0 Å². The van der Waals surface area contributed by atoms with Crippen molar-refractivity contribution in [2.45, 2.75) is 244 Å². The maximum absolute atomic E-state index is 12.7. The Kier molecular flexibility index (Phi) is 38.0. The quantitative estimate of drug-likeness (QED) is 0.0345. The van der Waals surface area contributed by atoms with Crippen molar-refractivity contribution < 1.29 is 38.2 Å². The Morgan fingerprint density at radius 3 is 1.13 bits per heavy atom. The molecule has 2 atom stereocenters. The smallest absolute Gasteiger partial charge is 0.306 e. The van der Waals surface area contributed by atoms with E-state index in [4.69, 9.17) is 14.2 Å². The molecule has 0 aromatic heterocycles. The zero-order chi connectivity index (χ0) is 40.7. The summed E-state index contributed by atoms with van der Waals surface area (Å²) in [6.07, 6.45) is 39.7. The summed E-state index contributed by atoms with van der Waals surface area (Å²) in [5.74, 6) is -1.71. The highest BCUT2D eigenvalue weighted by Gasteiger charge is 2.25. The number of hydrogen-bond donors (Lipinski definition) is 0. The van der Waals surface area contributed by atoms with Gasteiger partial charge in [0, 0.05) is 19.3 Å². The van der Waals surface area contributed by atoms with Crippen molar-refractivity contribution in [2.24, 2.45) is 0 Å². The fourth-order valence-electron chi connectivity index (χ4n) is 7.31. The van der Waals surface area contributed by atoms with E-state index < -0.39 is 18.1 Å². The summed E-state index contributed by atoms with van der Waals surface area (Å²) in [6, 6.07) is -0.719. The molecule has 55 heavy (non-hydrogen) atoms. The van der Waals surface area contributed by atoms with Crippen LogP contribution >= 0.6 is 0 Å². The largest absolute Gasteiger partial charge is 0.544 e. The van der Waals surface area contributed by atoms with Crippen LogP contribution in [-0.4, -0.2) is 75.5 Å². The van der Waals surface area contributed by atoms with Gasteiger partial charge in [-0.3, -0.25) is 9.59 Å². The maximum atomic E-state index is 12.7. The van der Waals surface area contributed by atoms with Crippen LogP contribution < -0.4 is 5.11 Å². The van der Waals surface area contributed by atoms with E-state index in [9.17, 15) is 19.5 Å². The highest BCUT2D eigenvalue weighted by atomic mass is 16.6. The average Bonchev–Trinajstić information content (AvgIpc) is 3.14. The fourth-order valence-corrected chi connectivity index (χ4v) is 7.31. The molecule has 0 radical (unpaired) electrons. The lowest BCUT2D eigenvalue weighted by atomic mass is 10.0. The number of carboxylic acids is 1. The summed E-state index contributed by atoms with van der Waals surface area (Å²) in [7, 11) is 5.42. The Balaban J connectivity index is 4.25. The van der Waals surface area contributed by atoms with Gasteiger partial charge in [-0.15, -0.1) is 0 Å². The van der Waals surface area contributed by atoms with Gasteiger partial charge in [0.25, 0.3) is 0 Å². The zero-order valence-corrected chi connectivity index (χ0v) is 37.1. The number of ether oxygens (including phenoxy) is 3. The number of aliphatic carboxylic acids is 1. The third kappa shape index (κ3) is 37.7. The van der Waals surface area contributed by atoms with Gasteiger partial charge in [-0.2, -0.15) is 0 Å². The minimum absolute atomic E-state index is 0.0494. The Hall–Kier alpha value is -1.67. The van der Waals surface area contributed by atoms with Crippen molar-refractivity contribution in [3.05, 3.63) is 0 Å². The van der Waals surface area contributed by atoms with Gasteiger partial charge in [0.05, 0.1) is 40.3 Å². The predicted octanol–water partition coefficient (Wildman–Crippen LogP) is 11.6. The molecule has 2 unspecified atom stereocenters. The Labute approximate surface area is 340 Å². The molecule has 0 aromatic rings. The summed E-state index contributed by atoms with van der Waals surface area (Å²) in [5, 5.41) is 11.6. The molecule has 0 heterocycles. The van der Waals surface area contributed by atoms with E-state index in [0.29, 0.717) is 12.8 Å². The van der Waals surface area contributed by atoms with Gasteiger partial charge in [0.15, 0.2) is 6.10 Å². The first kappa shape index (κ1) is 53.3. The third-order valence-electron chi connectivity index (χ3n) is 11.0. The number of esters is 2. The normalized spacial score (nSPS) is 12.8. The van der Waals surface area contributed by atoms with E-state index in [-0.39, 0.29) is 42.7 Å². The average molecular weight is 782 g/mol. The van der Waals surface area contributed by atoms with Gasteiger partial charge in [-0.1, -0.05) is 200 Å². The van der Waals surface area contributed by atoms with Gasteiger partial charge in [-0.05, 0) is 12.8 Å². The number of carbonyl (C=O) groups excluding carboxylic acids is 3. The molecule has 0 bridgehead atoms. The summed E-state index contributed by atoms with van der Waals surface area (Å²) < 4.78 is 17.2. The minimum Gasteiger partial charge on any atom is -0.544 e. The van der Waals surface area contributed by atoms with Crippen molar-refractivity contribution in [2.75, 3.05) is 41.0 Å². The van der Waals surface area contributed by atoms with Crippen molar-refractivity contribution >= 4 is 17.9 Å². The van der Waals surface area contributed by atoms with E-state index in [0.717, 1.165) is 38.5 Å². The van der Waals surface area contributed by atoms with Crippen LogP contribution in [0.1, 0.15) is 232 Å². The van der Waals surface area contributed by atoms with Crippen LogP contribution in [0, 0.1) is 0 Å². The highest BCUT2D eigenvalue weighted by molar-refractivity contribution is 5.70. The Morgan fingerprint density at radius 2 is 0.800 bits per heavy atom. The van der Waals surface area contributed by atoms with Crippen molar-refractivity contribution in [3.63, 3.8) is 0 Å². The summed E-state index contributed by atoms with van der Waals surface area (Å²) in [4.78, 5) is 36.9. The van der Waals surface area contributed by atoms with E-state index in [2.05, 4.69) is 13.8 Å². The van der Waals surface area contributed by atoms with Crippen LogP contribution in [0.4, 0.5) is 0 Å². The molecule has 326 valence electrons. The number of quaternary nitrogens is 1. The summed E-state index contributed by atoms with van der Waals surface area (Å²) in [6.45, 7) is 4.71. The number of carboxylic acid groups (broad SMARTS) is 1. The second kappa shape index (κ2) is 39.2. The zero-order valence-electron chi connectivity index (χ0n) is 37.1. The van der Waals surface area contributed by atoms with E-state index in [1.54, 1.807) is 0 Å². The van der Waals surface area contributed by atoms with Crippen LogP contribution in [0.15, 0.2) is 0 Å². The highest BCUT2D eigenvalue weighted by Crippen LogP contribution is 2.16. The standard InChI is InChI=1S/C47H91NO7/c1-6-8-10-12-14-16-18-20-22-24-25-27-29-31-33-35-37-45(49)54-42-43(41-53-40-39-44(47(51)52)48(3,4)5)55-46(50)38-36-34-32-30-28-26-23-21-19-17-15-13-11-9-7-2/h43-44H,6-42H2,1-5H3. The van der Waals surface area contributed by atoms with E-state index in [1.165, 1.54) is 161 Å². The van der Waals surface area contributed by atoms with Crippen molar-refractivity contribution in [1.29, 1.82) is 0 Å². The van der Waals surface area contributed by atoms with Crippen LogP contribution in [0.5, 0.6) is 0 Å². The monoisotopic (exact) mass is 782 g/mol. The fraction of sp³-hybridized carbons (Fsp3) is 0.936. The van der Waals surface area contributed by atoms with E-state index in [1.807, 2.05) is 21.1 Å². The minimum atomic E-state index is -1.12. The number of likely N-dealkylation sites (N-methyl/N-ethyl adjacent to an activating group) is 1.